The summed E-state index contributed by atoms with van der Waals surface area (Å²) in [5, 5.41) is 16.9. The average molecular weight is 433 g/mol. The van der Waals surface area contributed by atoms with Crippen molar-refractivity contribution in [2.24, 2.45) is 17.6 Å². The fourth-order valence-corrected chi connectivity index (χ4v) is 3.04. The highest BCUT2D eigenvalue weighted by molar-refractivity contribution is 7.98. The maximum atomic E-state index is 12.6. The Balaban J connectivity index is 4.89. The maximum Gasteiger partial charge on any atom is 0.326 e. The Labute approximate surface area is 177 Å². The van der Waals surface area contributed by atoms with Gasteiger partial charge in [-0.2, -0.15) is 11.8 Å². The molecule has 9 nitrogen and oxygen atoms in total. The fourth-order valence-electron chi connectivity index (χ4n) is 2.56. The highest BCUT2D eigenvalue weighted by Gasteiger charge is 2.30. The number of carbonyl (C=O) groups is 4. The molecule has 0 heterocycles. The van der Waals surface area contributed by atoms with Gasteiger partial charge in [-0.3, -0.25) is 14.4 Å². The van der Waals surface area contributed by atoms with Gasteiger partial charge in [-0.1, -0.05) is 34.1 Å². The molecule has 0 aliphatic rings. The molecule has 6 N–H and O–H groups in total. The molecule has 0 spiro atoms. The first-order valence-corrected chi connectivity index (χ1v) is 11.3. The number of carbonyl (C=O) groups excluding carboxylic acids is 3. The molecule has 3 amide bonds. The molecule has 0 radical (unpaired) electrons. The summed E-state index contributed by atoms with van der Waals surface area (Å²) in [5.74, 6) is -2.03. The lowest BCUT2D eigenvalue weighted by molar-refractivity contribution is -0.143. The van der Waals surface area contributed by atoms with Crippen LogP contribution in [-0.2, 0) is 19.2 Å². The summed E-state index contributed by atoms with van der Waals surface area (Å²) in [6.45, 7) is 7.08. The second kappa shape index (κ2) is 14.2. The normalized spacial score (nSPS) is 15.1. The van der Waals surface area contributed by atoms with Crippen molar-refractivity contribution in [2.75, 3.05) is 18.6 Å². The predicted molar refractivity (Wildman–Crippen MR) is 114 cm³/mol. The SMILES string of the molecule is CCC(C)C(NC(=O)CNC(=O)C(N)CCSC)C(=O)NC(CC(C)C)C(=O)O. The summed E-state index contributed by atoms with van der Waals surface area (Å²) in [6.07, 6.45) is 3.30. The molecule has 0 aliphatic heterocycles. The second-order valence-corrected chi connectivity index (χ2v) is 8.55. The number of thioether (sulfide) groups is 1. The van der Waals surface area contributed by atoms with Gasteiger partial charge < -0.3 is 26.8 Å². The summed E-state index contributed by atoms with van der Waals surface area (Å²) in [7, 11) is 0. The minimum Gasteiger partial charge on any atom is -0.480 e. The highest BCUT2D eigenvalue weighted by atomic mass is 32.2. The molecule has 4 atom stereocenters. The molecule has 0 aromatic carbocycles. The Hall–Kier alpha value is -1.81. The van der Waals surface area contributed by atoms with E-state index in [4.69, 9.17) is 5.73 Å². The Bertz CT molecular complexity index is 559. The topological polar surface area (TPSA) is 151 Å². The zero-order valence-corrected chi connectivity index (χ0v) is 18.8. The third kappa shape index (κ3) is 11.1. The summed E-state index contributed by atoms with van der Waals surface area (Å²) in [4.78, 5) is 48.2. The monoisotopic (exact) mass is 432 g/mol. The van der Waals surface area contributed by atoms with Crippen molar-refractivity contribution in [3.05, 3.63) is 0 Å². The molecule has 29 heavy (non-hydrogen) atoms. The number of nitrogens with two attached hydrogens (primary N) is 1. The van der Waals surface area contributed by atoms with Gasteiger partial charge in [0, 0.05) is 0 Å². The van der Waals surface area contributed by atoms with Crippen LogP contribution in [0.2, 0.25) is 0 Å². The summed E-state index contributed by atoms with van der Waals surface area (Å²) < 4.78 is 0. The van der Waals surface area contributed by atoms with Crippen LogP contribution in [0.1, 0.15) is 47.0 Å². The van der Waals surface area contributed by atoms with Crippen LogP contribution in [0.5, 0.6) is 0 Å². The van der Waals surface area contributed by atoms with Gasteiger partial charge in [0.15, 0.2) is 0 Å². The molecular weight excluding hydrogens is 396 g/mol. The third-order valence-corrected chi connectivity index (χ3v) is 5.17. The zero-order chi connectivity index (χ0) is 22.6. The van der Waals surface area contributed by atoms with Gasteiger partial charge in [0.1, 0.15) is 12.1 Å². The van der Waals surface area contributed by atoms with E-state index < -0.39 is 41.8 Å². The Kier molecular flexibility index (Phi) is 13.3. The third-order valence-electron chi connectivity index (χ3n) is 4.53. The lowest BCUT2D eigenvalue weighted by Crippen LogP contribution is -2.56. The van der Waals surface area contributed by atoms with E-state index in [0.29, 0.717) is 12.8 Å². The second-order valence-electron chi connectivity index (χ2n) is 7.57. The van der Waals surface area contributed by atoms with Gasteiger partial charge in [-0.15, -0.1) is 0 Å². The van der Waals surface area contributed by atoms with Gasteiger partial charge >= 0.3 is 5.97 Å². The van der Waals surface area contributed by atoms with E-state index in [9.17, 15) is 24.3 Å². The van der Waals surface area contributed by atoms with Crippen molar-refractivity contribution in [1.29, 1.82) is 0 Å². The van der Waals surface area contributed by atoms with E-state index in [0.717, 1.165) is 5.75 Å². The number of hydrogen-bond acceptors (Lipinski definition) is 6. The van der Waals surface area contributed by atoms with Crippen LogP contribution in [0, 0.1) is 11.8 Å². The van der Waals surface area contributed by atoms with Crippen LogP contribution < -0.4 is 21.7 Å². The largest absolute Gasteiger partial charge is 0.480 e. The molecule has 0 bridgehead atoms. The number of aliphatic carboxylic acids is 1. The van der Waals surface area contributed by atoms with Gasteiger partial charge in [0.25, 0.3) is 0 Å². The van der Waals surface area contributed by atoms with Gasteiger partial charge in [0.2, 0.25) is 17.7 Å². The predicted octanol–water partition coefficient (Wildman–Crippen LogP) is 0.329. The molecule has 0 aromatic rings. The van der Waals surface area contributed by atoms with Crippen LogP contribution in [0.3, 0.4) is 0 Å². The van der Waals surface area contributed by atoms with Crippen molar-refractivity contribution in [1.82, 2.24) is 16.0 Å². The number of carboxylic acid groups (broad SMARTS) is 1. The Morgan fingerprint density at radius 1 is 1.07 bits per heavy atom. The van der Waals surface area contributed by atoms with Crippen LogP contribution in [-0.4, -0.2) is 65.5 Å². The molecule has 10 heteroatoms. The lowest BCUT2D eigenvalue weighted by atomic mass is 9.97. The molecule has 0 rings (SSSR count). The van der Waals surface area contributed by atoms with Gasteiger partial charge in [0.05, 0.1) is 12.6 Å². The fraction of sp³-hybridized carbons (Fsp3) is 0.789. The highest BCUT2D eigenvalue weighted by Crippen LogP contribution is 2.10. The van der Waals surface area contributed by atoms with Gasteiger partial charge in [-0.05, 0) is 36.7 Å². The summed E-state index contributed by atoms with van der Waals surface area (Å²) in [5.41, 5.74) is 5.75. The molecule has 0 aromatic heterocycles. The van der Waals surface area contributed by atoms with Crippen molar-refractivity contribution in [3.63, 3.8) is 0 Å². The molecule has 168 valence electrons. The number of carboxylic acids is 1. The van der Waals surface area contributed by atoms with Crippen LogP contribution >= 0.6 is 11.8 Å². The summed E-state index contributed by atoms with van der Waals surface area (Å²) in [6, 6.07) is -2.63. The minimum absolute atomic E-state index is 0.0820. The van der Waals surface area contributed by atoms with Crippen molar-refractivity contribution < 1.29 is 24.3 Å². The molecular formula is C19H36N4O5S. The Morgan fingerprint density at radius 3 is 2.17 bits per heavy atom. The van der Waals surface area contributed by atoms with Gasteiger partial charge in [-0.25, -0.2) is 4.79 Å². The number of rotatable bonds is 14. The summed E-state index contributed by atoms with van der Waals surface area (Å²) >= 11 is 1.57. The van der Waals surface area contributed by atoms with Crippen LogP contribution in [0.4, 0.5) is 0 Å². The maximum absolute atomic E-state index is 12.6. The van der Waals surface area contributed by atoms with E-state index >= 15 is 0 Å². The molecule has 0 aliphatic carbocycles. The van der Waals surface area contributed by atoms with Crippen molar-refractivity contribution in [2.45, 2.75) is 65.1 Å². The van der Waals surface area contributed by atoms with E-state index in [2.05, 4.69) is 16.0 Å². The standard InChI is InChI=1S/C19H36N4O5S/c1-6-12(4)16(18(26)22-14(19(27)28)9-11(2)3)23-15(24)10-21-17(25)13(20)7-8-29-5/h11-14,16H,6-10,20H2,1-5H3,(H,21,25)(H,22,26)(H,23,24)(H,27,28). The smallest absolute Gasteiger partial charge is 0.326 e. The quantitative estimate of drug-likeness (QED) is 0.265. The molecule has 0 saturated heterocycles. The molecule has 4 unspecified atom stereocenters. The first kappa shape index (κ1) is 27.2. The zero-order valence-electron chi connectivity index (χ0n) is 18.0. The van der Waals surface area contributed by atoms with Crippen LogP contribution in [0.25, 0.3) is 0 Å². The lowest BCUT2D eigenvalue weighted by Gasteiger charge is -2.26. The van der Waals surface area contributed by atoms with E-state index in [1.54, 1.807) is 18.7 Å². The minimum atomic E-state index is -1.12. The van der Waals surface area contributed by atoms with E-state index in [1.165, 1.54) is 0 Å². The van der Waals surface area contributed by atoms with E-state index in [1.807, 2.05) is 27.0 Å². The van der Waals surface area contributed by atoms with Crippen LogP contribution in [0.15, 0.2) is 0 Å². The first-order valence-electron chi connectivity index (χ1n) is 9.88. The first-order chi connectivity index (χ1) is 13.5. The number of nitrogens with one attached hydrogen (secondary N) is 3. The Morgan fingerprint density at radius 2 is 1.69 bits per heavy atom. The number of amides is 3. The average Bonchev–Trinajstić information content (AvgIpc) is 2.66. The van der Waals surface area contributed by atoms with E-state index in [-0.39, 0.29) is 24.8 Å². The van der Waals surface area contributed by atoms with Crippen molar-refractivity contribution in [3.8, 4) is 0 Å². The van der Waals surface area contributed by atoms with Crippen molar-refractivity contribution >= 4 is 35.5 Å². The number of hydrogen-bond donors (Lipinski definition) is 5. The molecule has 0 fully saturated rings. The molecule has 0 saturated carbocycles.